The number of fused-ring (bicyclic) bond motifs is 1. The summed E-state index contributed by atoms with van der Waals surface area (Å²) >= 11 is 1.32. The standard InChI is InChI=1S/C15H15N3O3S/c1-16-15-17-11(8-22-15)13(19)18-7-10-5-3-2-4-9(10)6-12(18)14(20)21/h2-5,8,12H,6-7H2,1H3,(H,16,17)(H,20,21)/t12-/m0/s1. The van der Waals surface area contributed by atoms with E-state index in [1.807, 2.05) is 24.3 Å². The van der Waals surface area contributed by atoms with Crippen molar-refractivity contribution in [3.8, 4) is 0 Å². The van der Waals surface area contributed by atoms with Gasteiger partial charge in [0.2, 0.25) is 0 Å². The predicted molar refractivity (Wildman–Crippen MR) is 83.1 cm³/mol. The zero-order valence-electron chi connectivity index (χ0n) is 11.9. The normalized spacial score (nSPS) is 17.0. The number of anilines is 1. The summed E-state index contributed by atoms with van der Waals surface area (Å²) < 4.78 is 0. The highest BCUT2D eigenvalue weighted by molar-refractivity contribution is 7.13. The summed E-state index contributed by atoms with van der Waals surface area (Å²) in [5.74, 6) is -1.34. The molecule has 0 saturated heterocycles. The van der Waals surface area contributed by atoms with Crippen molar-refractivity contribution in [1.29, 1.82) is 0 Å². The summed E-state index contributed by atoms with van der Waals surface area (Å²) in [7, 11) is 1.73. The quantitative estimate of drug-likeness (QED) is 0.902. The number of aliphatic carboxylic acids is 1. The molecule has 1 aromatic carbocycles. The highest BCUT2D eigenvalue weighted by Crippen LogP contribution is 2.26. The first-order valence-electron chi connectivity index (χ1n) is 6.84. The molecule has 0 spiro atoms. The van der Waals surface area contributed by atoms with Crippen molar-refractivity contribution in [2.45, 2.75) is 19.0 Å². The van der Waals surface area contributed by atoms with E-state index in [9.17, 15) is 14.7 Å². The molecule has 1 amide bonds. The van der Waals surface area contributed by atoms with Crippen molar-refractivity contribution >= 4 is 28.3 Å². The van der Waals surface area contributed by atoms with Gasteiger partial charge in [-0.1, -0.05) is 24.3 Å². The van der Waals surface area contributed by atoms with Gasteiger partial charge >= 0.3 is 5.97 Å². The molecule has 7 heteroatoms. The SMILES string of the molecule is CNc1nc(C(=O)N2Cc3ccccc3C[C@H]2C(=O)O)cs1. The predicted octanol–water partition coefficient (Wildman–Crippen LogP) is 1.84. The lowest BCUT2D eigenvalue weighted by Crippen LogP contribution is -2.48. The van der Waals surface area contributed by atoms with Gasteiger partial charge < -0.3 is 15.3 Å². The van der Waals surface area contributed by atoms with Crippen LogP contribution < -0.4 is 5.32 Å². The minimum Gasteiger partial charge on any atom is -0.480 e. The number of thiazole rings is 1. The molecule has 1 aliphatic rings. The van der Waals surface area contributed by atoms with Crippen LogP contribution in [0.1, 0.15) is 21.6 Å². The highest BCUT2D eigenvalue weighted by atomic mass is 32.1. The Morgan fingerprint density at radius 3 is 2.73 bits per heavy atom. The van der Waals surface area contributed by atoms with Crippen LogP contribution in [-0.4, -0.2) is 40.0 Å². The van der Waals surface area contributed by atoms with Crippen LogP contribution in [0.25, 0.3) is 0 Å². The molecule has 1 aromatic heterocycles. The van der Waals surface area contributed by atoms with Gasteiger partial charge in [-0.15, -0.1) is 11.3 Å². The van der Waals surface area contributed by atoms with Gasteiger partial charge in [-0.25, -0.2) is 9.78 Å². The maximum absolute atomic E-state index is 12.6. The summed E-state index contributed by atoms with van der Waals surface area (Å²) in [5.41, 5.74) is 2.24. The Hall–Kier alpha value is -2.41. The number of carboxylic acids is 1. The summed E-state index contributed by atoms with van der Waals surface area (Å²) in [6, 6.07) is 6.75. The molecule has 0 radical (unpaired) electrons. The zero-order valence-corrected chi connectivity index (χ0v) is 12.8. The third-order valence-electron chi connectivity index (χ3n) is 3.73. The lowest BCUT2D eigenvalue weighted by atomic mass is 9.94. The minimum atomic E-state index is -0.994. The van der Waals surface area contributed by atoms with Crippen LogP contribution >= 0.6 is 11.3 Å². The van der Waals surface area contributed by atoms with Gasteiger partial charge in [0.25, 0.3) is 5.91 Å². The number of aromatic nitrogens is 1. The second-order valence-electron chi connectivity index (χ2n) is 5.05. The largest absolute Gasteiger partial charge is 0.480 e. The molecule has 0 fully saturated rings. The Kier molecular flexibility index (Phi) is 3.81. The maximum Gasteiger partial charge on any atom is 0.326 e. The van der Waals surface area contributed by atoms with Gasteiger partial charge in [0, 0.05) is 25.4 Å². The van der Waals surface area contributed by atoms with Crippen molar-refractivity contribution in [3.63, 3.8) is 0 Å². The molecule has 2 heterocycles. The first-order valence-corrected chi connectivity index (χ1v) is 7.72. The molecule has 0 bridgehead atoms. The summed E-state index contributed by atoms with van der Waals surface area (Å²) in [4.78, 5) is 29.7. The van der Waals surface area contributed by atoms with Crippen molar-refractivity contribution in [2.75, 3.05) is 12.4 Å². The van der Waals surface area contributed by atoms with Gasteiger partial charge in [-0.3, -0.25) is 4.79 Å². The Balaban J connectivity index is 1.93. The molecule has 1 aliphatic heterocycles. The number of nitrogens with zero attached hydrogens (tertiary/aromatic N) is 2. The molecule has 0 saturated carbocycles. The Bertz CT molecular complexity index is 728. The smallest absolute Gasteiger partial charge is 0.326 e. The number of carboxylic acid groups (broad SMARTS) is 1. The number of hydrogen-bond donors (Lipinski definition) is 2. The Morgan fingerprint density at radius 2 is 2.09 bits per heavy atom. The van der Waals surface area contributed by atoms with E-state index in [1.165, 1.54) is 16.2 Å². The number of nitrogens with one attached hydrogen (secondary N) is 1. The first-order chi connectivity index (χ1) is 10.6. The number of rotatable bonds is 3. The molecule has 2 aromatic rings. The van der Waals surface area contributed by atoms with E-state index >= 15 is 0 Å². The number of amides is 1. The van der Waals surface area contributed by atoms with Gasteiger partial charge in [0.15, 0.2) is 5.13 Å². The zero-order chi connectivity index (χ0) is 15.7. The summed E-state index contributed by atoms with van der Waals surface area (Å²) in [6.07, 6.45) is 0.320. The third-order valence-corrected chi connectivity index (χ3v) is 4.59. The first kappa shape index (κ1) is 14.5. The minimum absolute atomic E-state index is 0.278. The fourth-order valence-electron chi connectivity index (χ4n) is 2.59. The molecule has 0 aliphatic carbocycles. The number of hydrogen-bond acceptors (Lipinski definition) is 5. The highest BCUT2D eigenvalue weighted by Gasteiger charge is 2.35. The van der Waals surface area contributed by atoms with Gasteiger partial charge in [0.1, 0.15) is 11.7 Å². The topological polar surface area (TPSA) is 82.5 Å². The van der Waals surface area contributed by atoms with E-state index in [2.05, 4.69) is 10.3 Å². The van der Waals surface area contributed by atoms with Gasteiger partial charge in [-0.05, 0) is 11.1 Å². The van der Waals surface area contributed by atoms with Crippen LogP contribution in [0, 0.1) is 0 Å². The molecule has 0 unspecified atom stereocenters. The molecular weight excluding hydrogens is 302 g/mol. The van der Waals surface area contributed by atoms with E-state index < -0.39 is 12.0 Å². The number of carbonyl (C=O) groups is 2. The fourth-order valence-corrected chi connectivity index (χ4v) is 3.24. The lowest BCUT2D eigenvalue weighted by molar-refractivity contribution is -0.142. The second-order valence-corrected chi connectivity index (χ2v) is 5.91. The fraction of sp³-hybridized carbons (Fsp3) is 0.267. The van der Waals surface area contributed by atoms with E-state index in [-0.39, 0.29) is 11.6 Å². The van der Waals surface area contributed by atoms with Crippen LogP contribution in [0.2, 0.25) is 0 Å². The lowest BCUT2D eigenvalue weighted by Gasteiger charge is -2.34. The second kappa shape index (κ2) is 5.76. The molecule has 114 valence electrons. The molecule has 3 rings (SSSR count). The van der Waals surface area contributed by atoms with Crippen LogP contribution in [-0.2, 0) is 17.8 Å². The van der Waals surface area contributed by atoms with E-state index in [4.69, 9.17) is 0 Å². The number of benzene rings is 1. The summed E-state index contributed by atoms with van der Waals surface area (Å²) in [6.45, 7) is 0.290. The Labute approximate surface area is 131 Å². The van der Waals surface area contributed by atoms with Crippen molar-refractivity contribution < 1.29 is 14.7 Å². The molecule has 2 N–H and O–H groups in total. The monoisotopic (exact) mass is 317 g/mol. The van der Waals surface area contributed by atoms with E-state index in [0.717, 1.165) is 11.1 Å². The van der Waals surface area contributed by atoms with Crippen molar-refractivity contribution in [2.24, 2.45) is 0 Å². The van der Waals surface area contributed by atoms with Crippen LogP contribution in [0.15, 0.2) is 29.6 Å². The molecule has 6 nitrogen and oxygen atoms in total. The van der Waals surface area contributed by atoms with Gasteiger partial charge in [-0.2, -0.15) is 0 Å². The number of carbonyl (C=O) groups excluding carboxylic acids is 1. The molecule has 22 heavy (non-hydrogen) atoms. The van der Waals surface area contributed by atoms with Crippen LogP contribution in [0.4, 0.5) is 5.13 Å². The van der Waals surface area contributed by atoms with Crippen LogP contribution in [0.3, 0.4) is 0 Å². The average Bonchev–Trinajstić information content (AvgIpc) is 3.02. The van der Waals surface area contributed by atoms with Crippen molar-refractivity contribution in [3.05, 3.63) is 46.5 Å². The average molecular weight is 317 g/mol. The van der Waals surface area contributed by atoms with Crippen molar-refractivity contribution in [1.82, 2.24) is 9.88 Å². The molecular formula is C15H15N3O3S. The third kappa shape index (κ3) is 2.55. The van der Waals surface area contributed by atoms with E-state index in [0.29, 0.717) is 18.1 Å². The molecule has 1 atom stereocenters. The maximum atomic E-state index is 12.6. The van der Waals surface area contributed by atoms with E-state index in [1.54, 1.807) is 12.4 Å². The van der Waals surface area contributed by atoms with Gasteiger partial charge in [0.05, 0.1) is 0 Å². The summed E-state index contributed by atoms with van der Waals surface area (Å²) in [5, 5.41) is 14.6. The van der Waals surface area contributed by atoms with Crippen LogP contribution in [0.5, 0.6) is 0 Å². The Morgan fingerprint density at radius 1 is 1.36 bits per heavy atom.